The first-order chi connectivity index (χ1) is 16.3. The third kappa shape index (κ3) is 2.93. The smallest absolute Gasteiger partial charge is 0.404 e. The van der Waals surface area contributed by atoms with Crippen molar-refractivity contribution < 1.29 is 33.3 Å². The number of piperazine rings is 1. The maximum Gasteiger partial charge on any atom is 0.404 e. The lowest BCUT2D eigenvalue weighted by molar-refractivity contribution is -0.137. The van der Waals surface area contributed by atoms with Gasteiger partial charge in [-0.3, -0.25) is 9.59 Å². The van der Waals surface area contributed by atoms with E-state index in [0.717, 1.165) is 0 Å². The van der Waals surface area contributed by atoms with E-state index in [1.807, 2.05) is 4.90 Å². The SMILES string of the molecule is COc1ccc(NC2=C(C)C(=O)C3=C(C2=O)[C@H](COC(N)=O)[C@]2(OC)[C@@H]4N[C@@H]4CN32)cc1OC. The summed E-state index contributed by atoms with van der Waals surface area (Å²) < 4.78 is 21.7. The number of amides is 1. The number of hydrogen-bond acceptors (Lipinski definition) is 10. The number of ketones is 2. The molecule has 1 aromatic carbocycles. The number of hydrogen-bond donors (Lipinski definition) is 3. The number of primary amides is 1. The molecule has 0 saturated carbocycles. The zero-order valence-corrected chi connectivity index (χ0v) is 19.3. The van der Waals surface area contributed by atoms with E-state index in [1.165, 1.54) is 21.3 Å². The van der Waals surface area contributed by atoms with E-state index in [-0.39, 0.29) is 47.1 Å². The van der Waals surface area contributed by atoms with Gasteiger partial charge in [-0.25, -0.2) is 4.79 Å². The summed E-state index contributed by atoms with van der Waals surface area (Å²) in [6, 6.07) is 5.12. The molecule has 5 rings (SSSR count). The van der Waals surface area contributed by atoms with Gasteiger partial charge in [0.1, 0.15) is 6.61 Å². The van der Waals surface area contributed by atoms with Crippen LogP contribution in [0.2, 0.25) is 0 Å². The molecular formula is C23H26N4O7. The van der Waals surface area contributed by atoms with Crippen molar-refractivity contribution in [3.63, 3.8) is 0 Å². The molecule has 4 N–H and O–H groups in total. The zero-order valence-electron chi connectivity index (χ0n) is 19.3. The molecule has 11 heteroatoms. The number of benzene rings is 1. The molecule has 2 saturated heterocycles. The Morgan fingerprint density at radius 1 is 1.21 bits per heavy atom. The molecule has 180 valence electrons. The number of anilines is 1. The van der Waals surface area contributed by atoms with Gasteiger partial charge in [-0.05, 0) is 19.1 Å². The summed E-state index contributed by atoms with van der Waals surface area (Å²) in [6.45, 7) is 1.93. The number of rotatable bonds is 7. The minimum absolute atomic E-state index is 0.104. The fraction of sp³-hybridized carbons (Fsp3) is 0.435. The number of ether oxygens (including phenoxy) is 4. The fourth-order valence-electron chi connectivity index (χ4n) is 5.50. The number of allylic oxidation sites excluding steroid dienone is 2. The molecule has 4 atom stereocenters. The number of nitrogens with zero attached hydrogens (tertiary/aromatic N) is 1. The Labute approximate surface area is 195 Å². The van der Waals surface area contributed by atoms with E-state index in [0.29, 0.717) is 29.4 Å². The van der Waals surface area contributed by atoms with E-state index in [2.05, 4.69) is 10.6 Å². The van der Waals surface area contributed by atoms with Crippen LogP contribution in [0.4, 0.5) is 10.5 Å². The van der Waals surface area contributed by atoms with Gasteiger partial charge in [-0.1, -0.05) is 0 Å². The lowest BCUT2D eigenvalue weighted by atomic mass is 9.82. The summed E-state index contributed by atoms with van der Waals surface area (Å²) in [5.41, 5.74) is 5.75. The second-order valence-corrected chi connectivity index (χ2v) is 8.62. The zero-order chi connectivity index (χ0) is 24.4. The molecule has 34 heavy (non-hydrogen) atoms. The number of Topliss-reactive ketones (excluding diaryl/α,β-unsaturated/α-hetero) is 2. The topological polar surface area (TPSA) is 151 Å². The van der Waals surface area contributed by atoms with Crippen LogP contribution in [0, 0.1) is 5.92 Å². The largest absolute Gasteiger partial charge is 0.493 e. The second-order valence-electron chi connectivity index (χ2n) is 8.62. The van der Waals surface area contributed by atoms with E-state index in [1.54, 1.807) is 25.1 Å². The molecule has 0 unspecified atom stereocenters. The molecule has 3 aliphatic heterocycles. The Hall–Kier alpha value is -3.57. The van der Waals surface area contributed by atoms with Crippen molar-refractivity contribution in [3.05, 3.63) is 40.7 Å². The van der Waals surface area contributed by atoms with Crippen LogP contribution in [0.15, 0.2) is 40.7 Å². The third-order valence-corrected chi connectivity index (χ3v) is 7.08. The number of carbonyl (C=O) groups is 3. The average Bonchev–Trinajstić information content (AvgIpc) is 3.44. The lowest BCUT2D eigenvalue weighted by Crippen LogP contribution is -2.55. The molecule has 3 heterocycles. The van der Waals surface area contributed by atoms with Crippen LogP contribution in [0.3, 0.4) is 0 Å². The molecule has 4 aliphatic rings. The summed E-state index contributed by atoms with van der Waals surface area (Å²) in [4.78, 5) is 40.7. The van der Waals surface area contributed by atoms with E-state index in [9.17, 15) is 14.4 Å². The molecule has 0 aromatic heterocycles. The van der Waals surface area contributed by atoms with Gasteiger partial charge in [0, 0.05) is 42.6 Å². The predicted molar refractivity (Wildman–Crippen MR) is 119 cm³/mol. The van der Waals surface area contributed by atoms with E-state index in [4.69, 9.17) is 24.7 Å². The standard InChI is InChI=1S/C23H26N4O7/c1-10-17(25-11-5-6-14(31-2)15(7-11)32-3)20(29)16-12(9-34-22(24)30)23(33-4)21-13(26-21)8-27(23)18(16)19(10)28/h5-7,12-13,21,25-26H,8-9H2,1-4H3,(H2,24,30)/t12-,13+,21+,23-/m0/s1. The van der Waals surface area contributed by atoms with Gasteiger partial charge in [0.05, 0.1) is 37.6 Å². The van der Waals surface area contributed by atoms with Crippen LogP contribution < -0.4 is 25.8 Å². The van der Waals surface area contributed by atoms with Gasteiger partial charge < -0.3 is 40.2 Å². The number of carbonyl (C=O) groups excluding carboxylic acids is 3. The van der Waals surface area contributed by atoms with Crippen LogP contribution >= 0.6 is 0 Å². The Kier molecular flexibility index (Phi) is 5.06. The Balaban J connectivity index is 1.54. The lowest BCUT2D eigenvalue weighted by Gasteiger charge is -2.39. The monoisotopic (exact) mass is 470 g/mol. The summed E-state index contributed by atoms with van der Waals surface area (Å²) in [5, 5.41) is 6.42. The van der Waals surface area contributed by atoms with Crippen LogP contribution in [0.25, 0.3) is 0 Å². The van der Waals surface area contributed by atoms with E-state index < -0.39 is 17.7 Å². The molecule has 0 radical (unpaired) electrons. The summed E-state index contributed by atoms with van der Waals surface area (Å²) >= 11 is 0. The first-order valence-electron chi connectivity index (χ1n) is 10.8. The average molecular weight is 470 g/mol. The number of methoxy groups -OCH3 is 3. The van der Waals surface area contributed by atoms with Gasteiger partial charge in [0.2, 0.25) is 11.6 Å². The fourth-order valence-corrected chi connectivity index (χ4v) is 5.50. The molecule has 11 nitrogen and oxygen atoms in total. The molecule has 2 fully saturated rings. The number of nitrogens with two attached hydrogens (primary N) is 1. The normalized spacial score (nSPS) is 29.1. The van der Waals surface area contributed by atoms with Crippen molar-refractivity contribution in [2.45, 2.75) is 24.7 Å². The summed E-state index contributed by atoms with van der Waals surface area (Å²) in [6.07, 6.45) is -0.963. The minimum atomic E-state index is -1.02. The Morgan fingerprint density at radius 3 is 2.59 bits per heavy atom. The summed E-state index contributed by atoms with van der Waals surface area (Å²) in [5.74, 6) is -0.330. The quantitative estimate of drug-likeness (QED) is 0.380. The highest BCUT2D eigenvalue weighted by Crippen LogP contribution is 2.55. The highest BCUT2D eigenvalue weighted by molar-refractivity contribution is 6.26. The third-order valence-electron chi connectivity index (χ3n) is 7.08. The van der Waals surface area contributed by atoms with Crippen LogP contribution in [0.1, 0.15) is 6.92 Å². The van der Waals surface area contributed by atoms with Crippen LogP contribution in [-0.2, 0) is 19.1 Å². The second kappa shape index (κ2) is 7.74. The maximum atomic E-state index is 13.8. The van der Waals surface area contributed by atoms with Crippen molar-refractivity contribution in [2.24, 2.45) is 11.7 Å². The van der Waals surface area contributed by atoms with Gasteiger partial charge >= 0.3 is 6.09 Å². The first-order valence-corrected chi connectivity index (χ1v) is 10.8. The highest BCUT2D eigenvalue weighted by Gasteiger charge is 2.72. The van der Waals surface area contributed by atoms with Gasteiger partial charge in [-0.15, -0.1) is 0 Å². The Bertz CT molecular complexity index is 1180. The van der Waals surface area contributed by atoms with Crippen molar-refractivity contribution in [3.8, 4) is 11.5 Å². The van der Waals surface area contributed by atoms with Gasteiger partial charge in [-0.2, -0.15) is 0 Å². The van der Waals surface area contributed by atoms with Crippen molar-refractivity contribution >= 4 is 23.3 Å². The van der Waals surface area contributed by atoms with Crippen LogP contribution in [0.5, 0.6) is 11.5 Å². The predicted octanol–water partition coefficient (Wildman–Crippen LogP) is 0.519. The Morgan fingerprint density at radius 2 is 1.94 bits per heavy atom. The minimum Gasteiger partial charge on any atom is -0.493 e. The molecule has 1 amide bonds. The molecule has 0 bridgehead atoms. The first kappa shape index (κ1) is 22.2. The molecular weight excluding hydrogens is 444 g/mol. The van der Waals surface area contributed by atoms with Crippen LogP contribution in [-0.4, -0.2) is 74.8 Å². The number of nitrogens with one attached hydrogen (secondary N) is 2. The number of fused-ring (bicyclic) bond motifs is 4. The van der Waals surface area contributed by atoms with Crippen molar-refractivity contribution in [1.82, 2.24) is 10.2 Å². The maximum absolute atomic E-state index is 13.8. The van der Waals surface area contributed by atoms with Gasteiger partial charge in [0.25, 0.3) is 0 Å². The van der Waals surface area contributed by atoms with Gasteiger partial charge in [0.15, 0.2) is 17.2 Å². The summed E-state index contributed by atoms with van der Waals surface area (Å²) in [7, 11) is 4.57. The van der Waals surface area contributed by atoms with E-state index >= 15 is 0 Å². The molecule has 0 spiro atoms. The van der Waals surface area contributed by atoms with Crippen molar-refractivity contribution in [1.29, 1.82) is 0 Å². The molecule has 1 aromatic rings. The highest BCUT2D eigenvalue weighted by atomic mass is 16.6. The molecule has 1 aliphatic carbocycles. The van der Waals surface area contributed by atoms with Crippen molar-refractivity contribution in [2.75, 3.05) is 39.8 Å².